The molecule has 0 saturated carbocycles. The number of hydrogen-bond acceptors (Lipinski definition) is 5. The molecule has 1 heterocycles. The monoisotopic (exact) mass is 376 g/mol. The molecule has 1 N–H and O–H groups in total. The van der Waals surface area contributed by atoms with Crippen molar-refractivity contribution in [2.24, 2.45) is 0 Å². The van der Waals surface area contributed by atoms with Gasteiger partial charge in [0.15, 0.2) is 0 Å². The first kappa shape index (κ1) is 18.2. The van der Waals surface area contributed by atoms with Crippen LogP contribution in [0.3, 0.4) is 0 Å². The number of nitro groups is 1. The molecule has 0 spiro atoms. The molecule has 1 aliphatic rings. The maximum atomic E-state index is 11.2. The molecule has 7 nitrogen and oxygen atoms in total. The smallest absolute Gasteiger partial charge is 0.320 e. The first-order valence-corrected chi connectivity index (χ1v) is 8.49. The van der Waals surface area contributed by atoms with Crippen LogP contribution in [0.15, 0.2) is 42.5 Å². The summed E-state index contributed by atoms with van der Waals surface area (Å²) in [6, 6.07) is 10.8. The number of aliphatic carboxylic acids is 1. The van der Waals surface area contributed by atoms with Crippen molar-refractivity contribution >= 4 is 23.3 Å². The maximum absolute atomic E-state index is 11.2. The zero-order chi connectivity index (χ0) is 18.7. The van der Waals surface area contributed by atoms with Gasteiger partial charge in [-0.1, -0.05) is 23.7 Å². The zero-order valence-electron chi connectivity index (χ0n) is 13.8. The van der Waals surface area contributed by atoms with Crippen LogP contribution in [0.4, 0.5) is 5.69 Å². The van der Waals surface area contributed by atoms with E-state index in [0.717, 1.165) is 18.5 Å². The first-order chi connectivity index (χ1) is 12.4. The average Bonchev–Trinajstić information content (AvgIpc) is 3.06. The normalized spacial score (nSPS) is 17.2. The lowest BCUT2D eigenvalue weighted by atomic mass is 10.2. The Balaban J connectivity index is 1.71. The minimum atomic E-state index is -0.794. The van der Waals surface area contributed by atoms with E-state index in [4.69, 9.17) is 16.3 Å². The number of carboxylic acids is 1. The number of carbonyl (C=O) groups is 1. The highest BCUT2D eigenvalue weighted by molar-refractivity contribution is 6.30. The summed E-state index contributed by atoms with van der Waals surface area (Å²) in [5.74, 6) is -0.231. The summed E-state index contributed by atoms with van der Waals surface area (Å²) in [5.41, 5.74) is 0.749. The number of halogens is 1. The van der Waals surface area contributed by atoms with Gasteiger partial charge in [0.05, 0.1) is 4.92 Å². The minimum absolute atomic E-state index is 0.109. The fraction of sp³-hybridized carbons (Fsp3) is 0.278. The van der Waals surface area contributed by atoms with Crippen molar-refractivity contribution in [1.29, 1.82) is 0 Å². The lowest BCUT2D eigenvalue weighted by molar-refractivity contribution is -0.385. The highest BCUT2D eigenvalue weighted by Gasteiger charge is 2.30. The molecule has 0 aromatic heterocycles. The summed E-state index contributed by atoms with van der Waals surface area (Å²) in [7, 11) is 0. The molecule has 2 aromatic carbocycles. The van der Waals surface area contributed by atoms with E-state index < -0.39 is 16.9 Å². The largest absolute Gasteiger partial charge is 0.480 e. The second-order valence-corrected chi connectivity index (χ2v) is 6.52. The lowest BCUT2D eigenvalue weighted by Crippen LogP contribution is -2.35. The van der Waals surface area contributed by atoms with Gasteiger partial charge in [0.1, 0.15) is 11.8 Å². The number of ether oxygens (including phenoxy) is 1. The van der Waals surface area contributed by atoms with Crippen molar-refractivity contribution in [2.45, 2.75) is 25.4 Å². The van der Waals surface area contributed by atoms with Crippen LogP contribution in [0.2, 0.25) is 5.02 Å². The fourth-order valence-electron chi connectivity index (χ4n) is 3.04. The van der Waals surface area contributed by atoms with Crippen LogP contribution in [0.1, 0.15) is 18.4 Å². The second-order valence-electron chi connectivity index (χ2n) is 6.08. The second kappa shape index (κ2) is 7.72. The summed E-state index contributed by atoms with van der Waals surface area (Å²) < 4.78 is 5.60. The lowest BCUT2D eigenvalue weighted by Gasteiger charge is -2.21. The van der Waals surface area contributed by atoms with Crippen LogP contribution in [0, 0.1) is 10.1 Å². The van der Waals surface area contributed by atoms with E-state index >= 15 is 0 Å². The van der Waals surface area contributed by atoms with Crippen LogP contribution in [0.25, 0.3) is 0 Å². The predicted octanol–water partition coefficient (Wildman–Crippen LogP) is 4.09. The van der Waals surface area contributed by atoms with E-state index in [1.807, 2.05) is 17.0 Å². The van der Waals surface area contributed by atoms with E-state index in [0.29, 0.717) is 18.7 Å². The molecule has 0 radical (unpaired) electrons. The molecule has 8 heteroatoms. The standard InChI is InChI=1S/C18H17ClN2O5/c19-13-5-8-17(16(10-13)21(24)25)26-14-6-3-12(4-7-14)11-20-9-1-2-15(20)18(22)23/h3-8,10,15H,1-2,9,11H2,(H,22,23)/t15-/m0/s1. The maximum Gasteiger partial charge on any atom is 0.320 e. The van der Waals surface area contributed by atoms with Gasteiger partial charge in [-0.3, -0.25) is 19.8 Å². The zero-order valence-corrected chi connectivity index (χ0v) is 14.6. The number of nitrogens with zero attached hydrogens (tertiary/aromatic N) is 2. The van der Waals surface area contributed by atoms with Crippen LogP contribution in [-0.4, -0.2) is 33.5 Å². The number of benzene rings is 2. The van der Waals surface area contributed by atoms with E-state index in [2.05, 4.69) is 0 Å². The van der Waals surface area contributed by atoms with Gasteiger partial charge < -0.3 is 9.84 Å². The molecular weight excluding hydrogens is 360 g/mol. The molecule has 1 aliphatic heterocycles. The quantitative estimate of drug-likeness (QED) is 0.603. The van der Waals surface area contributed by atoms with Crippen molar-refractivity contribution in [1.82, 2.24) is 4.90 Å². The highest BCUT2D eigenvalue weighted by atomic mass is 35.5. The summed E-state index contributed by atoms with van der Waals surface area (Å²) in [6.07, 6.45) is 1.54. The van der Waals surface area contributed by atoms with Crippen molar-refractivity contribution in [3.63, 3.8) is 0 Å². The topological polar surface area (TPSA) is 92.9 Å². The van der Waals surface area contributed by atoms with Crippen molar-refractivity contribution in [2.75, 3.05) is 6.54 Å². The van der Waals surface area contributed by atoms with Crippen molar-refractivity contribution in [3.05, 3.63) is 63.2 Å². The van der Waals surface area contributed by atoms with E-state index in [1.54, 1.807) is 12.1 Å². The summed E-state index contributed by atoms with van der Waals surface area (Å²) in [4.78, 5) is 23.7. The third-order valence-corrected chi connectivity index (χ3v) is 4.54. The van der Waals surface area contributed by atoms with E-state index in [1.165, 1.54) is 18.2 Å². The van der Waals surface area contributed by atoms with Gasteiger partial charge in [0, 0.05) is 17.6 Å². The molecular formula is C18H17ClN2O5. The van der Waals surface area contributed by atoms with Crippen LogP contribution < -0.4 is 4.74 Å². The molecule has 136 valence electrons. The molecule has 0 unspecified atom stereocenters. The molecule has 1 fully saturated rings. The SMILES string of the molecule is O=C(O)[C@@H]1CCCN1Cc1ccc(Oc2ccc(Cl)cc2[N+](=O)[O-])cc1. The van der Waals surface area contributed by atoms with Gasteiger partial charge in [-0.05, 0) is 49.2 Å². The van der Waals surface area contributed by atoms with Gasteiger partial charge >= 0.3 is 11.7 Å². The first-order valence-electron chi connectivity index (χ1n) is 8.11. The molecule has 1 saturated heterocycles. The highest BCUT2D eigenvalue weighted by Crippen LogP contribution is 2.33. The Hall–Kier alpha value is -2.64. The molecule has 0 aliphatic carbocycles. The Kier molecular flexibility index (Phi) is 5.39. The number of hydrogen-bond donors (Lipinski definition) is 1. The van der Waals surface area contributed by atoms with Gasteiger partial charge in [0.25, 0.3) is 0 Å². The number of rotatable bonds is 6. The van der Waals surface area contributed by atoms with Crippen LogP contribution >= 0.6 is 11.6 Å². The Morgan fingerprint density at radius 3 is 2.69 bits per heavy atom. The summed E-state index contributed by atoms with van der Waals surface area (Å²) >= 11 is 5.79. The van der Waals surface area contributed by atoms with Crippen molar-refractivity contribution in [3.8, 4) is 11.5 Å². The average molecular weight is 377 g/mol. The number of carboxylic acid groups (broad SMARTS) is 1. The minimum Gasteiger partial charge on any atom is -0.480 e. The number of likely N-dealkylation sites (tertiary alicyclic amines) is 1. The molecule has 0 amide bonds. The molecule has 2 aromatic rings. The van der Waals surface area contributed by atoms with E-state index in [-0.39, 0.29) is 16.5 Å². The molecule has 3 rings (SSSR count). The predicted molar refractivity (Wildman–Crippen MR) is 95.7 cm³/mol. The van der Waals surface area contributed by atoms with Gasteiger partial charge in [-0.2, -0.15) is 0 Å². The third kappa shape index (κ3) is 4.12. The van der Waals surface area contributed by atoms with E-state index in [9.17, 15) is 20.0 Å². The Bertz CT molecular complexity index is 825. The molecule has 1 atom stereocenters. The Morgan fingerprint density at radius 1 is 1.31 bits per heavy atom. The van der Waals surface area contributed by atoms with Gasteiger partial charge in [0.2, 0.25) is 5.75 Å². The van der Waals surface area contributed by atoms with Crippen LogP contribution in [0.5, 0.6) is 11.5 Å². The summed E-state index contributed by atoms with van der Waals surface area (Å²) in [6.45, 7) is 1.30. The number of nitro benzene ring substituents is 1. The molecule has 26 heavy (non-hydrogen) atoms. The van der Waals surface area contributed by atoms with Gasteiger partial charge in [-0.15, -0.1) is 0 Å². The van der Waals surface area contributed by atoms with Gasteiger partial charge in [-0.25, -0.2) is 0 Å². The Labute approximate surface area is 154 Å². The Morgan fingerprint density at radius 2 is 2.04 bits per heavy atom. The molecule has 0 bridgehead atoms. The van der Waals surface area contributed by atoms with Crippen molar-refractivity contribution < 1.29 is 19.6 Å². The third-order valence-electron chi connectivity index (χ3n) is 4.30. The van der Waals surface area contributed by atoms with Crippen LogP contribution in [-0.2, 0) is 11.3 Å². The fourth-order valence-corrected chi connectivity index (χ4v) is 3.21. The summed E-state index contributed by atoms with van der Waals surface area (Å²) in [5, 5.41) is 20.6.